The Morgan fingerprint density at radius 3 is 2.52 bits per heavy atom. The van der Waals surface area contributed by atoms with Crippen LogP contribution < -0.4 is 5.73 Å². The average molecular weight is 314 g/mol. The number of aromatic nitrogens is 2. The van der Waals surface area contributed by atoms with E-state index < -0.39 is 0 Å². The molecular formula is C16H28ClN3O. The number of aryl methyl sites for hydroxylation is 1. The molecule has 0 amide bonds. The summed E-state index contributed by atoms with van der Waals surface area (Å²) < 4.78 is 7.86. The van der Waals surface area contributed by atoms with Crippen molar-refractivity contribution >= 4 is 11.6 Å². The van der Waals surface area contributed by atoms with Crippen LogP contribution in [0.15, 0.2) is 6.20 Å². The minimum atomic E-state index is -0.329. The van der Waals surface area contributed by atoms with Crippen molar-refractivity contribution in [2.75, 3.05) is 7.11 Å². The third-order valence-corrected chi connectivity index (χ3v) is 5.28. The predicted molar refractivity (Wildman–Crippen MR) is 86.4 cm³/mol. The molecule has 1 aromatic heterocycles. The minimum Gasteiger partial charge on any atom is -0.376 e. The zero-order valence-corrected chi connectivity index (χ0v) is 14.4. The molecule has 21 heavy (non-hydrogen) atoms. The number of ether oxygens (including phenoxy) is 1. The van der Waals surface area contributed by atoms with Gasteiger partial charge < -0.3 is 10.5 Å². The van der Waals surface area contributed by atoms with Crippen LogP contribution in [0.1, 0.15) is 64.6 Å². The molecule has 0 radical (unpaired) electrons. The molecule has 5 heteroatoms. The summed E-state index contributed by atoms with van der Waals surface area (Å²) in [4.78, 5) is 0. The highest BCUT2D eigenvalue weighted by Gasteiger charge is 2.45. The lowest BCUT2D eigenvalue weighted by atomic mass is 9.68. The first kappa shape index (κ1) is 16.8. The fourth-order valence-electron chi connectivity index (χ4n) is 3.31. The van der Waals surface area contributed by atoms with Gasteiger partial charge in [-0.1, -0.05) is 32.4 Å². The summed E-state index contributed by atoms with van der Waals surface area (Å²) in [5.74, 6) is 0. The first-order chi connectivity index (χ1) is 9.85. The van der Waals surface area contributed by atoms with Gasteiger partial charge in [0.25, 0.3) is 0 Å². The van der Waals surface area contributed by atoms with Gasteiger partial charge >= 0.3 is 0 Å². The highest BCUT2D eigenvalue weighted by atomic mass is 35.5. The van der Waals surface area contributed by atoms with Gasteiger partial charge in [-0.2, -0.15) is 5.10 Å². The maximum atomic E-state index is 6.61. The molecule has 1 heterocycles. The first-order valence-corrected chi connectivity index (χ1v) is 8.25. The van der Waals surface area contributed by atoms with E-state index in [-0.39, 0.29) is 11.6 Å². The van der Waals surface area contributed by atoms with Gasteiger partial charge in [0.05, 0.1) is 28.6 Å². The largest absolute Gasteiger partial charge is 0.376 e. The fraction of sp³-hybridized carbons (Fsp3) is 0.812. The molecule has 2 rings (SSSR count). The van der Waals surface area contributed by atoms with Crippen LogP contribution in [0, 0.1) is 5.41 Å². The van der Waals surface area contributed by atoms with E-state index in [1.165, 1.54) is 0 Å². The van der Waals surface area contributed by atoms with E-state index in [1.807, 2.05) is 4.68 Å². The number of nitrogens with zero attached hydrogens (tertiary/aromatic N) is 2. The molecule has 1 unspecified atom stereocenters. The Balaban J connectivity index is 2.29. The minimum absolute atomic E-state index is 0.236. The molecule has 0 aromatic carbocycles. The lowest BCUT2D eigenvalue weighted by Crippen LogP contribution is -2.48. The van der Waals surface area contributed by atoms with Gasteiger partial charge in [0.1, 0.15) is 0 Å². The zero-order chi connectivity index (χ0) is 15.7. The van der Waals surface area contributed by atoms with Crippen molar-refractivity contribution < 1.29 is 4.74 Å². The SMILES string of the molecule is CCCn1ncc(Cl)c1C(N)C1(OC)CCC(C)(C)CC1. The van der Waals surface area contributed by atoms with Crippen LogP contribution in [0.2, 0.25) is 5.02 Å². The van der Waals surface area contributed by atoms with Crippen molar-refractivity contribution in [3.63, 3.8) is 0 Å². The smallest absolute Gasteiger partial charge is 0.0886 e. The summed E-state index contributed by atoms with van der Waals surface area (Å²) >= 11 is 6.35. The molecule has 120 valence electrons. The number of hydrogen-bond acceptors (Lipinski definition) is 3. The Kier molecular flexibility index (Phi) is 5.01. The predicted octanol–water partition coefficient (Wildman–Crippen LogP) is 3.93. The highest BCUT2D eigenvalue weighted by molar-refractivity contribution is 6.31. The second kappa shape index (κ2) is 6.27. The Morgan fingerprint density at radius 1 is 1.38 bits per heavy atom. The molecule has 1 atom stereocenters. The second-order valence-electron chi connectivity index (χ2n) is 7.01. The van der Waals surface area contributed by atoms with Gasteiger partial charge in [-0.15, -0.1) is 0 Å². The molecule has 1 aromatic rings. The number of rotatable bonds is 5. The molecule has 4 nitrogen and oxygen atoms in total. The van der Waals surface area contributed by atoms with Crippen molar-refractivity contribution in [1.29, 1.82) is 0 Å². The molecule has 1 saturated carbocycles. The van der Waals surface area contributed by atoms with E-state index in [4.69, 9.17) is 22.1 Å². The van der Waals surface area contributed by atoms with E-state index in [9.17, 15) is 0 Å². The number of nitrogens with two attached hydrogens (primary N) is 1. The maximum absolute atomic E-state index is 6.61. The lowest BCUT2D eigenvalue weighted by molar-refractivity contribution is -0.0809. The van der Waals surface area contributed by atoms with E-state index in [1.54, 1.807) is 13.3 Å². The summed E-state index contributed by atoms with van der Waals surface area (Å²) in [7, 11) is 1.77. The highest BCUT2D eigenvalue weighted by Crippen LogP contribution is 2.47. The Bertz CT molecular complexity index is 474. The Labute approximate surface area is 133 Å². The fourth-order valence-corrected chi connectivity index (χ4v) is 3.57. The van der Waals surface area contributed by atoms with E-state index in [0.717, 1.165) is 44.3 Å². The van der Waals surface area contributed by atoms with Crippen molar-refractivity contribution in [1.82, 2.24) is 9.78 Å². The number of halogens is 1. The quantitative estimate of drug-likeness (QED) is 0.896. The van der Waals surface area contributed by atoms with Crippen LogP contribution in [0.5, 0.6) is 0 Å². The summed E-state index contributed by atoms with van der Waals surface area (Å²) in [5, 5.41) is 5.01. The van der Waals surface area contributed by atoms with E-state index in [2.05, 4.69) is 25.9 Å². The first-order valence-electron chi connectivity index (χ1n) is 7.87. The van der Waals surface area contributed by atoms with Crippen molar-refractivity contribution in [3.05, 3.63) is 16.9 Å². The second-order valence-corrected chi connectivity index (χ2v) is 7.42. The molecule has 1 aliphatic carbocycles. The molecule has 1 fully saturated rings. The van der Waals surface area contributed by atoms with Gasteiger partial charge in [0.15, 0.2) is 0 Å². The molecule has 2 N–H and O–H groups in total. The maximum Gasteiger partial charge on any atom is 0.0886 e. The summed E-state index contributed by atoms with van der Waals surface area (Å²) in [6.45, 7) is 7.58. The van der Waals surface area contributed by atoms with Gasteiger partial charge in [-0.3, -0.25) is 4.68 Å². The zero-order valence-electron chi connectivity index (χ0n) is 13.7. The number of methoxy groups -OCH3 is 1. The molecule has 1 aliphatic rings. The van der Waals surface area contributed by atoms with Gasteiger partial charge in [-0.05, 0) is 37.5 Å². The standard InChI is InChI=1S/C16H28ClN3O/c1-5-10-20-13(12(17)11-19-20)14(18)16(21-4)8-6-15(2,3)7-9-16/h11,14H,5-10,18H2,1-4H3. The van der Waals surface area contributed by atoms with Crippen LogP contribution in [-0.4, -0.2) is 22.5 Å². The Hall–Kier alpha value is -0.580. The van der Waals surface area contributed by atoms with Gasteiger partial charge in [0, 0.05) is 13.7 Å². The van der Waals surface area contributed by atoms with E-state index >= 15 is 0 Å². The molecule has 0 bridgehead atoms. The van der Waals surface area contributed by atoms with Crippen LogP contribution in [0.4, 0.5) is 0 Å². The summed E-state index contributed by atoms with van der Waals surface area (Å²) in [5.41, 5.74) is 7.57. The lowest BCUT2D eigenvalue weighted by Gasteiger charge is -2.45. The van der Waals surface area contributed by atoms with Crippen LogP contribution >= 0.6 is 11.6 Å². The van der Waals surface area contributed by atoms with Crippen LogP contribution in [-0.2, 0) is 11.3 Å². The van der Waals surface area contributed by atoms with Gasteiger partial charge in [0.2, 0.25) is 0 Å². The average Bonchev–Trinajstić information content (AvgIpc) is 2.80. The van der Waals surface area contributed by atoms with Crippen molar-refractivity contribution in [2.24, 2.45) is 11.1 Å². The summed E-state index contributed by atoms with van der Waals surface area (Å²) in [6, 6.07) is -0.236. The monoisotopic (exact) mass is 313 g/mol. The third kappa shape index (κ3) is 3.27. The molecular weight excluding hydrogens is 286 g/mol. The summed E-state index contributed by atoms with van der Waals surface area (Å²) in [6.07, 6.45) is 6.87. The number of hydrogen-bond donors (Lipinski definition) is 1. The molecule has 0 saturated heterocycles. The third-order valence-electron chi connectivity index (χ3n) is 4.99. The molecule has 0 aliphatic heterocycles. The van der Waals surface area contributed by atoms with Crippen molar-refractivity contribution in [3.8, 4) is 0 Å². The molecule has 0 spiro atoms. The van der Waals surface area contributed by atoms with Gasteiger partial charge in [-0.25, -0.2) is 0 Å². The topological polar surface area (TPSA) is 53.1 Å². The van der Waals surface area contributed by atoms with Crippen LogP contribution in [0.3, 0.4) is 0 Å². The normalized spacial score (nSPS) is 22.2. The van der Waals surface area contributed by atoms with Crippen LogP contribution in [0.25, 0.3) is 0 Å². The van der Waals surface area contributed by atoms with E-state index in [0.29, 0.717) is 10.4 Å². The Morgan fingerprint density at radius 2 is 2.00 bits per heavy atom. The van der Waals surface area contributed by atoms with Crippen molar-refractivity contribution in [2.45, 2.75) is 71.1 Å².